The SMILES string of the molecule is CCCN(CCO)c1ncc(C(=O)O)cc1[N+](=O)[O-]. The summed E-state index contributed by atoms with van der Waals surface area (Å²) in [5.74, 6) is -1.20. The van der Waals surface area contributed by atoms with Crippen LogP contribution in [0.5, 0.6) is 0 Å². The molecule has 1 rings (SSSR count). The van der Waals surface area contributed by atoms with E-state index >= 15 is 0 Å². The summed E-state index contributed by atoms with van der Waals surface area (Å²) in [6, 6.07) is 0.977. The van der Waals surface area contributed by atoms with E-state index in [1.807, 2.05) is 6.92 Å². The van der Waals surface area contributed by atoms with Crippen molar-refractivity contribution in [3.8, 4) is 0 Å². The van der Waals surface area contributed by atoms with E-state index in [1.54, 1.807) is 4.90 Å². The van der Waals surface area contributed by atoms with Crippen molar-refractivity contribution in [1.82, 2.24) is 4.98 Å². The molecule has 8 heteroatoms. The van der Waals surface area contributed by atoms with Crippen LogP contribution in [0, 0.1) is 10.1 Å². The molecular weight excluding hydrogens is 254 g/mol. The van der Waals surface area contributed by atoms with Gasteiger partial charge >= 0.3 is 11.7 Å². The minimum absolute atomic E-state index is 0.0749. The molecule has 0 spiro atoms. The minimum atomic E-state index is -1.27. The lowest BCUT2D eigenvalue weighted by molar-refractivity contribution is -0.384. The van der Waals surface area contributed by atoms with Crippen LogP contribution in [0.3, 0.4) is 0 Å². The number of hydrogen-bond donors (Lipinski definition) is 2. The molecule has 0 unspecified atom stereocenters. The van der Waals surface area contributed by atoms with Crippen molar-refractivity contribution in [3.63, 3.8) is 0 Å². The van der Waals surface area contributed by atoms with Gasteiger partial charge in [0.15, 0.2) is 0 Å². The molecular formula is C11H15N3O5. The minimum Gasteiger partial charge on any atom is -0.478 e. The number of hydrogen-bond acceptors (Lipinski definition) is 6. The van der Waals surface area contributed by atoms with E-state index in [2.05, 4.69) is 4.98 Å². The van der Waals surface area contributed by atoms with Crippen molar-refractivity contribution < 1.29 is 19.9 Å². The van der Waals surface area contributed by atoms with Crippen molar-refractivity contribution in [2.75, 3.05) is 24.6 Å². The third kappa shape index (κ3) is 3.62. The molecule has 8 nitrogen and oxygen atoms in total. The second-order valence-corrected chi connectivity index (χ2v) is 3.84. The summed E-state index contributed by atoms with van der Waals surface area (Å²) in [5.41, 5.74) is -0.613. The van der Waals surface area contributed by atoms with Crippen LogP contribution in [0.1, 0.15) is 23.7 Å². The molecule has 0 aromatic carbocycles. The smallest absolute Gasteiger partial charge is 0.337 e. The first kappa shape index (κ1) is 14.8. The van der Waals surface area contributed by atoms with Crippen LogP contribution in [0.2, 0.25) is 0 Å². The Morgan fingerprint density at radius 2 is 2.21 bits per heavy atom. The van der Waals surface area contributed by atoms with E-state index in [0.29, 0.717) is 6.54 Å². The number of aliphatic hydroxyl groups excluding tert-OH is 1. The van der Waals surface area contributed by atoms with E-state index in [4.69, 9.17) is 10.2 Å². The zero-order valence-corrected chi connectivity index (χ0v) is 10.4. The lowest BCUT2D eigenvalue weighted by Gasteiger charge is -2.21. The number of carboxylic acids is 1. The molecule has 0 amide bonds. The highest BCUT2D eigenvalue weighted by Crippen LogP contribution is 2.26. The number of nitro groups is 1. The third-order valence-electron chi connectivity index (χ3n) is 2.45. The molecule has 2 N–H and O–H groups in total. The zero-order valence-electron chi connectivity index (χ0n) is 10.4. The second kappa shape index (κ2) is 6.64. The Hall–Kier alpha value is -2.22. The summed E-state index contributed by atoms with van der Waals surface area (Å²) in [7, 11) is 0. The number of carbonyl (C=O) groups is 1. The van der Waals surface area contributed by atoms with Crippen LogP contribution in [-0.2, 0) is 0 Å². The fourth-order valence-electron chi connectivity index (χ4n) is 1.66. The summed E-state index contributed by atoms with van der Waals surface area (Å²) in [6.07, 6.45) is 1.80. The van der Waals surface area contributed by atoms with E-state index in [-0.39, 0.29) is 30.2 Å². The van der Waals surface area contributed by atoms with Crippen molar-refractivity contribution in [1.29, 1.82) is 0 Å². The van der Waals surface area contributed by atoms with Gasteiger partial charge in [0.25, 0.3) is 0 Å². The van der Waals surface area contributed by atoms with Gasteiger partial charge in [0, 0.05) is 25.4 Å². The molecule has 1 aromatic heterocycles. The Kier molecular flexibility index (Phi) is 5.19. The van der Waals surface area contributed by atoms with Gasteiger partial charge in [-0.15, -0.1) is 0 Å². The van der Waals surface area contributed by atoms with Gasteiger partial charge in [-0.2, -0.15) is 0 Å². The Morgan fingerprint density at radius 3 is 2.68 bits per heavy atom. The normalized spacial score (nSPS) is 10.2. The topological polar surface area (TPSA) is 117 Å². The maximum absolute atomic E-state index is 11.0. The molecule has 0 atom stereocenters. The van der Waals surface area contributed by atoms with Crippen molar-refractivity contribution in [2.45, 2.75) is 13.3 Å². The molecule has 0 radical (unpaired) electrons. The Labute approximate surface area is 109 Å². The molecule has 19 heavy (non-hydrogen) atoms. The molecule has 0 aliphatic carbocycles. The van der Waals surface area contributed by atoms with Gasteiger partial charge in [0.05, 0.1) is 17.1 Å². The molecule has 0 saturated heterocycles. The van der Waals surface area contributed by atoms with E-state index < -0.39 is 10.9 Å². The van der Waals surface area contributed by atoms with Crippen LogP contribution in [0.15, 0.2) is 12.3 Å². The Morgan fingerprint density at radius 1 is 1.53 bits per heavy atom. The summed E-state index contributed by atoms with van der Waals surface area (Å²) in [6.45, 7) is 2.41. The van der Waals surface area contributed by atoms with Crippen LogP contribution in [0.4, 0.5) is 11.5 Å². The number of nitrogens with zero attached hydrogens (tertiary/aromatic N) is 3. The van der Waals surface area contributed by atoms with Crippen molar-refractivity contribution in [3.05, 3.63) is 27.9 Å². The predicted molar refractivity (Wildman–Crippen MR) is 67.4 cm³/mol. The molecule has 0 bridgehead atoms. The number of carboxylic acid groups (broad SMARTS) is 1. The van der Waals surface area contributed by atoms with Crippen LogP contribution >= 0.6 is 0 Å². The maximum Gasteiger partial charge on any atom is 0.337 e. The highest BCUT2D eigenvalue weighted by atomic mass is 16.6. The van der Waals surface area contributed by atoms with E-state index in [1.165, 1.54) is 0 Å². The number of aromatic carboxylic acids is 1. The van der Waals surface area contributed by atoms with Crippen molar-refractivity contribution >= 4 is 17.5 Å². The molecule has 104 valence electrons. The van der Waals surface area contributed by atoms with Gasteiger partial charge in [0.1, 0.15) is 0 Å². The molecule has 0 fully saturated rings. The average molecular weight is 269 g/mol. The molecule has 0 saturated carbocycles. The fourth-order valence-corrected chi connectivity index (χ4v) is 1.66. The Balaban J connectivity index is 3.24. The number of pyridine rings is 1. The summed E-state index contributed by atoms with van der Waals surface area (Å²) < 4.78 is 0. The highest BCUT2D eigenvalue weighted by molar-refractivity contribution is 5.88. The standard InChI is InChI=1S/C11H15N3O5/c1-2-3-13(4-5-15)10-9(14(18)19)6-8(7-12-10)11(16)17/h6-7,15H,2-5H2,1H3,(H,16,17). The fraction of sp³-hybridized carbons (Fsp3) is 0.455. The second-order valence-electron chi connectivity index (χ2n) is 3.84. The molecule has 0 aliphatic heterocycles. The number of anilines is 1. The average Bonchev–Trinajstić information content (AvgIpc) is 2.37. The quantitative estimate of drug-likeness (QED) is 0.557. The summed E-state index contributed by atoms with van der Waals surface area (Å²) >= 11 is 0. The molecule has 0 aliphatic rings. The van der Waals surface area contributed by atoms with E-state index in [9.17, 15) is 14.9 Å². The first-order chi connectivity index (χ1) is 9.01. The van der Waals surface area contributed by atoms with Crippen molar-refractivity contribution in [2.24, 2.45) is 0 Å². The van der Waals surface area contributed by atoms with Gasteiger partial charge in [-0.1, -0.05) is 6.92 Å². The zero-order chi connectivity index (χ0) is 14.4. The lowest BCUT2D eigenvalue weighted by atomic mass is 10.2. The van der Waals surface area contributed by atoms with Crippen LogP contribution < -0.4 is 4.90 Å². The van der Waals surface area contributed by atoms with Crippen LogP contribution in [-0.4, -0.2) is 45.8 Å². The van der Waals surface area contributed by atoms with Gasteiger partial charge in [-0.05, 0) is 6.42 Å². The summed E-state index contributed by atoms with van der Waals surface area (Å²) in [5, 5.41) is 28.8. The first-order valence-electron chi connectivity index (χ1n) is 5.74. The van der Waals surface area contributed by atoms with E-state index in [0.717, 1.165) is 18.7 Å². The number of rotatable bonds is 7. The largest absolute Gasteiger partial charge is 0.478 e. The number of aliphatic hydroxyl groups is 1. The lowest BCUT2D eigenvalue weighted by Crippen LogP contribution is -2.29. The predicted octanol–water partition coefficient (Wildman–Crippen LogP) is 0.897. The monoisotopic (exact) mass is 269 g/mol. The van der Waals surface area contributed by atoms with Crippen LogP contribution in [0.25, 0.3) is 0 Å². The summed E-state index contributed by atoms with van der Waals surface area (Å²) in [4.78, 5) is 26.5. The molecule has 1 heterocycles. The molecule has 1 aromatic rings. The Bertz CT molecular complexity index is 471. The van der Waals surface area contributed by atoms with Gasteiger partial charge in [-0.3, -0.25) is 10.1 Å². The van der Waals surface area contributed by atoms with Gasteiger partial charge < -0.3 is 15.1 Å². The van der Waals surface area contributed by atoms with Gasteiger partial charge in [-0.25, -0.2) is 9.78 Å². The third-order valence-corrected chi connectivity index (χ3v) is 2.45. The number of aromatic nitrogens is 1. The first-order valence-corrected chi connectivity index (χ1v) is 5.74. The maximum atomic E-state index is 11.0. The highest BCUT2D eigenvalue weighted by Gasteiger charge is 2.22. The van der Waals surface area contributed by atoms with Gasteiger partial charge in [0.2, 0.25) is 5.82 Å².